The molecular formula is C21H20N2O4S. The second-order valence-corrected chi connectivity index (χ2v) is 7.28. The number of ether oxygens (including phenoxy) is 1. The summed E-state index contributed by atoms with van der Waals surface area (Å²) in [5.74, 6) is -0.308. The van der Waals surface area contributed by atoms with Gasteiger partial charge in [-0.3, -0.25) is 9.59 Å². The maximum absolute atomic E-state index is 12.1. The number of amides is 2. The van der Waals surface area contributed by atoms with Gasteiger partial charge in [0.2, 0.25) is 0 Å². The van der Waals surface area contributed by atoms with Crippen molar-refractivity contribution in [3.05, 3.63) is 77.0 Å². The number of rotatable bonds is 6. The van der Waals surface area contributed by atoms with Crippen LogP contribution >= 0.6 is 11.3 Å². The van der Waals surface area contributed by atoms with Gasteiger partial charge in [0.05, 0.1) is 6.54 Å². The minimum atomic E-state index is -1.24. The fraction of sp³-hybridized carbons (Fsp3) is 0.143. The van der Waals surface area contributed by atoms with Crippen molar-refractivity contribution < 1.29 is 19.4 Å². The van der Waals surface area contributed by atoms with Gasteiger partial charge >= 0.3 is 11.8 Å². The van der Waals surface area contributed by atoms with Gasteiger partial charge < -0.3 is 20.5 Å². The number of carbonyl (C=O) groups is 2. The number of para-hydroxylation sites is 1. The van der Waals surface area contributed by atoms with Crippen LogP contribution in [0, 0.1) is 0 Å². The molecule has 2 amide bonds. The van der Waals surface area contributed by atoms with Crippen LogP contribution in [0.25, 0.3) is 0 Å². The first-order valence-electron chi connectivity index (χ1n) is 8.62. The zero-order valence-corrected chi connectivity index (χ0v) is 16.0. The first kappa shape index (κ1) is 19.6. The predicted octanol–water partition coefficient (Wildman–Crippen LogP) is 3.50. The normalized spacial score (nSPS) is 12.6. The molecule has 0 saturated carbocycles. The summed E-state index contributed by atoms with van der Waals surface area (Å²) >= 11 is 1.38. The molecule has 3 aromatic rings. The van der Waals surface area contributed by atoms with E-state index in [4.69, 9.17) is 4.74 Å². The fourth-order valence-corrected chi connectivity index (χ4v) is 3.21. The molecule has 0 spiro atoms. The first-order valence-corrected chi connectivity index (χ1v) is 9.50. The van der Waals surface area contributed by atoms with Crippen LogP contribution in [0.15, 0.2) is 72.1 Å². The Morgan fingerprint density at radius 2 is 1.64 bits per heavy atom. The second-order valence-electron chi connectivity index (χ2n) is 6.33. The molecule has 28 heavy (non-hydrogen) atoms. The van der Waals surface area contributed by atoms with Gasteiger partial charge in [-0.1, -0.05) is 24.3 Å². The van der Waals surface area contributed by atoms with Gasteiger partial charge in [-0.05, 0) is 54.8 Å². The summed E-state index contributed by atoms with van der Waals surface area (Å²) in [5, 5.41) is 17.2. The molecule has 0 radical (unpaired) electrons. The average molecular weight is 396 g/mol. The lowest BCUT2D eigenvalue weighted by molar-refractivity contribution is -0.136. The van der Waals surface area contributed by atoms with Crippen LogP contribution in [0.1, 0.15) is 11.8 Å². The summed E-state index contributed by atoms with van der Waals surface area (Å²) in [6, 6.07) is 19.6. The van der Waals surface area contributed by atoms with E-state index in [0.29, 0.717) is 22.1 Å². The maximum Gasteiger partial charge on any atom is 0.313 e. The Balaban J connectivity index is 1.52. The largest absolute Gasteiger partial charge is 0.457 e. The van der Waals surface area contributed by atoms with E-state index in [1.165, 1.54) is 11.3 Å². The van der Waals surface area contributed by atoms with Crippen LogP contribution in [-0.4, -0.2) is 23.5 Å². The molecule has 0 bridgehead atoms. The highest BCUT2D eigenvalue weighted by Crippen LogP contribution is 2.24. The molecule has 1 unspecified atom stereocenters. The molecule has 0 saturated heterocycles. The van der Waals surface area contributed by atoms with Gasteiger partial charge in [0.1, 0.15) is 17.1 Å². The van der Waals surface area contributed by atoms with Crippen molar-refractivity contribution in [2.75, 3.05) is 11.9 Å². The number of anilines is 1. The van der Waals surface area contributed by atoms with Crippen LogP contribution in [0.2, 0.25) is 0 Å². The fourth-order valence-electron chi connectivity index (χ4n) is 2.42. The van der Waals surface area contributed by atoms with E-state index in [1.807, 2.05) is 41.8 Å². The van der Waals surface area contributed by atoms with Crippen LogP contribution in [0.5, 0.6) is 11.5 Å². The molecule has 1 heterocycles. The Morgan fingerprint density at radius 1 is 0.964 bits per heavy atom. The van der Waals surface area contributed by atoms with Crippen LogP contribution < -0.4 is 15.4 Å². The van der Waals surface area contributed by atoms with Crippen molar-refractivity contribution in [2.24, 2.45) is 0 Å². The lowest BCUT2D eigenvalue weighted by atomic mass is 10.1. The molecule has 6 nitrogen and oxygen atoms in total. The van der Waals surface area contributed by atoms with Crippen molar-refractivity contribution in [2.45, 2.75) is 12.5 Å². The summed E-state index contributed by atoms with van der Waals surface area (Å²) in [5.41, 5.74) is -0.772. The SMILES string of the molecule is CC(O)(CNC(=O)C(=O)Nc1ccc(Oc2ccccc2)cc1)c1cccs1. The third-order valence-electron chi connectivity index (χ3n) is 3.94. The third kappa shape index (κ3) is 5.18. The van der Waals surface area contributed by atoms with E-state index < -0.39 is 17.4 Å². The molecule has 3 rings (SSSR count). The average Bonchev–Trinajstić information content (AvgIpc) is 3.24. The standard InChI is InChI=1S/C21H20N2O4S/c1-21(26,18-8-5-13-28-18)14-22-19(24)20(25)23-15-9-11-17(12-10-15)27-16-6-3-2-4-7-16/h2-13,26H,14H2,1H3,(H,22,24)(H,23,25). The monoisotopic (exact) mass is 396 g/mol. The smallest absolute Gasteiger partial charge is 0.313 e. The number of hydrogen-bond donors (Lipinski definition) is 3. The Morgan fingerprint density at radius 3 is 2.29 bits per heavy atom. The van der Waals surface area contributed by atoms with Gasteiger partial charge in [0.15, 0.2) is 0 Å². The lowest BCUT2D eigenvalue weighted by Crippen LogP contribution is -2.42. The van der Waals surface area contributed by atoms with Gasteiger partial charge in [0.25, 0.3) is 0 Å². The number of benzene rings is 2. The zero-order chi connectivity index (χ0) is 20.0. The van der Waals surface area contributed by atoms with E-state index in [2.05, 4.69) is 10.6 Å². The molecule has 0 aliphatic carbocycles. The summed E-state index contributed by atoms with van der Waals surface area (Å²) in [4.78, 5) is 24.8. The summed E-state index contributed by atoms with van der Waals surface area (Å²) in [7, 11) is 0. The van der Waals surface area contributed by atoms with E-state index in [0.717, 1.165) is 0 Å². The highest BCUT2D eigenvalue weighted by atomic mass is 32.1. The molecule has 7 heteroatoms. The zero-order valence-electron chi connectivity index (χ0n) is 15.2. The van der Waals surface area contributed by atoms with Crippen molar-refractivity contribution >= 4 is 28.8 Å². The Kier molecular flexibility index (Phi) is 6.08. The quantitative estimate of drug-likeness (QED) is 0.557. The molecule has 1 atom stereocenters. The first-order chi connectivity index (χ1) is 13.4. The van der Waals surface area contributed by atoms with Crippen molar-refractivity contribution in [3.8, 4) is 11.5 Å². The highest BCUT2D eigenvalue weighted by molar-refractivity contribution is 7.10. The Labute approximate surface area is 166 Å². The number of carbonyl (C=O) groups excluding carboxylic acids is 2. The van der Waals surface area contributed by atoms with Gasteiger partial charge in [-0.15, -0.1) is 11.3 Å². The van der Waals surface area contributed by atoms with Gasteiger partial charge in [-0.2, -0.15) is 0 Å². The molecule has 1 aromatic heterocycles. The van der Waals surface area contributed by atoms with E-state index in [-0.39, 0.29) is 6.54 Å². The highest BCUT2D eigenvalue weighted by Gasteiger charge is 2.26. The number of hydrogen-bond acceptors (Lipinski definition) is 5. The lowest BCUT2D eigenvalue weighted by Gasteiger charge is -2.22. The van der Waals surface area contributed by atoms with Crippen LogP contribution in [0.3, 0.4) is 0 Å². The van der Waals surface area contributed by atoms with Crippen molar-refractivity contribution in [1.29, 1.82) is 0 Å². The maximum atomic E-state index is 12.1. The number of thiophene rings is 1. The van der Waals surface area contributed by atoms with Crippen molar-refractivity contribution in [1.82, 2.24) is 5.32 Å². The van der Waals surface area contributed by atoms with Crippen LogP contribution in [-0.2, 0) is 15.2 Å². The molecule has 0 fully saturated rings. The van der Waals surface area contributed by atoms with E-state index in [1.54, 1.807) is 37.3 Å². The predicted molar refractivity (Wildman–Crippen MR) is 108 cm³/mol. The number of aliphatic hydroxyl groups is 1. The molecule has 144 valence electrons. The van der Waals surface area contributed by atoms with Gasteiger partial charge in [-0.25, -0.2) is 0 Å². The summed E-state index contributed by atoms with van der Waals surface area (Å²) in [6.07, 6.45) is 0. The van der Waals surface area contributed by atoms with E-state index >= 15 is 0 Å². The topological polar surface area (TPSA) is 87.7 Å². The molecule has 3 N–H and O–H groups in total. The number of nitrogens with one attached hydrogen (secondary N) is 2. The third-order valence-corrected chi connectivity index (χ3v) is 5.07. The Bertz CT molecular complexity index is 923. The van der Waals surface area contributed by atoms with Crippen LogP contribution in [0.4, 0.5) is 5.69 Å². The molecule has 0 aliphatic heterocycles. The summed E-state index contributed by atoms with van der Waals surface area (Å²) in [6.45, 7) is 1.52. The molecule has 0 aliphatic rings. The minimum absolute atomic E-state index is 0.0659. The minimum Gasteiger partial charge on any atom is -0.457 e. The van der Waals surface area contributed by atoms with Gasteiger partial charge in [0, 0.05) is 10.6 Å². The molecular weight excluding hydrogens is 376 g/mol. The molecule has 2 aromatic carbocycles. The van der Waals surface area contributed by atoms with E-state index in [9.17, 15) is 14.7 Å². The van der Waals surface area contributed by atoms with Crippen molar-refractivity contribution in [3.63, 3.8) is 0 Å². The Hall–Kier alpha value is -3.16. The summed E-state index contributed by atoms with van der Waals surface area (Å²) < 4.78 is 5.68. The second kappa shape index (κ2) is 8.69.